The lowest BCUT2D eigenvalue weighted by molar-refractivity contribution is -0.417. The van der Waals surface area contributed by atoms with Crippen LogP contribution in [0.15, 0.2) is 267 Å². The molecule has 0 amide bonds. The minimum Gasteiger partial charge on any atom is -0.406 e. The molecule has 9 atom stereocenters. The second kappa shape index (κ2) is 35.9. The van der Waals surface area contributed by atoms with Crippen molar-refractivity contribution in [1.29, 1.82) is 0 Å². The van der Waals surface area contributed by atoms with Crippen molar-refractivity contribution >= 4 is 23.2 Å². The number of benzene rings is 10. The Morgan fingerprint density at radius 3 is 1.09 bits per heavy atom. The van der Waals surface area contributed by atoms with Crippen molar-refractivity contribution in [2.45, 2.75) is 125 Å². The van der Waals surface area contributed by atoms with Gasteiger partial charge in [-0.3, -0.25) is 0 Å². The van der Waals surface area contributed by atoms with Crippen LogP contribution in [0.4, 0.5) is 26.3 Å². The third-order valence-electron chi connectivity index (χ3n) is 19.0. The minimum atomic E-state index is -4.82. The number of halogens is 8. The first-order valence-electron chi connectivity index (χ1n) is 34.9. The fourth-order valence-electron chi connectivity index (χ4n) is 13.6. The maximum absolute atomic E-state index is 12.8. The van der Waals surface area contributed by atoms with Crippen molar-refractivity contribution in [2.75, 3.05) is 33.5 Å². The molecule has 0 aromatic heterocycles. The van der Waals surface area contributed by atoms with Crippen molar-refractivity contribution in [3.63, 3.8) is 0 Å². The molecule has 10 aromatic carbocycles. The SMILES string of the molecule is CO[C@@]1(c2ccc(Cl)c(Cc3ccc(OC(F)(F)F)cc3)c2)OC(CO)(CO)[C@@H](OCc2ccccc2)[C@H](OCc2ccccc2)[C@H]1OCc1ccccc1.OC[C@@]12CO[C@@](c3ccc(Cl)c(Cc4ccc(OC(F)(F)F)cc4)c3)(O1)[C@H](OCc1ccccc1)[C@@H](OCc1ccccc1)[C@@H]2OCc1ccccc1. The third-order valence-corrected chi connectivity index (χ3v) is 19.7. The molecule has 15 nitrogen and oxygen atoms in total. The zero-order valence-electron chi connectivity index (χ0n) is 58.6. The van der Waals surface area contributed by atoms with Gasteiger partial charge in [-0.15, -0.1) is 26.3 Å². The van der Waals surface area contributed by atoms with E-state index in [2.05, 4.69) is 9.47 Å². The number of hydrogen-bond donors (Lipinski definition) is 3. The second-order valence-electron chi connectivity index (χ2n) is 26.4. The Balaban J connectivity index is 0.000000202. The highest BCUT2D eigenvalue weighted by molar-refractivity contribution is 6.31. The monoisotopic (exact) mass is 1520 g/mol. The molecule has 0 saturated carbocycles. The predicted molar refractivity (Wildman–Crippen MR) is 390 cm³/mol. The van der Waals surface area contributed by atoms with Gasteiger partial charge < -0.3 is 72.2 Å². The number of fused-ring (bicyclic) bond motifs is 2. The quantitative estimate of drug-likeness (QED) is 0.0363. The Bertz CT molecular complexity index is 4430. The van der Waals surface area contributed by atoms with Crippen LogP contribution < -0.4 is 9.47 Å². The maximum Gasteiger partial charge on any atom is 0.573 e. The van der Waals surface area contributed by atoms with E-state index in [4.69, 9.17) is 70.6 Å². The largest absolute Gasteiger partial charge is 0.573 e. The summed E-state index contributed by atoms with van der Waals surface area (Å²) in [6, 6.07) is 79.2. The molecule has 3 N–H and O–H groups in total. The van der Waals surface area contributed by atoms with E-state index in [0.29, 0.717) is 43.4 Å². The van der Waals surface area contributed by atoms with Crippen molar-refractivity contribution in [3.05, 3.63) is 344 Å². The van der Waals surface area contributed by atoms with Crippen LogP contribution in [0.1, 0.15) is 66.8 Å². The molecule has 0 unspecified atom stereocenters. The van der Waals surface area contributed by atoms with E-state index >= 15 is 0 Å². The third kappa shape index (κ3) is 19.3. The Labute approximate surface area is 631 Å². The molecular formula is C85H80Cl2F6O15. The van der Waals surface area contributed by atoms with Gasteiger partial charge in [0.1, 0.15) is 59.3 Å². The van der Waals surface area contributed by atoms with Crippen LogP contribution >= 0.6 is 23.2 Å². The molecule has 566 valence electrons. The second-order valence-corrected chi connectivity index (χ2v) is 27.2. The Hall–Kier alpha value is -8.56. The van der Waals surface area contributed by atoms with E-state index in [-0.39, 0.29) is 70.6 Å². The van der Waals surface area contributed by atoms with Crippen LogP contribution in [0.25, 0.3) is 0 Å². The van der Waals surface area contributed by atoms with Gasteiger partial charge in [0, 0.05) is 28.3 Å². The van der Waals surface area contributed by atoms with Gasteiger partial charge in [-0.25, -0.2) is 0 Å². The first kappa shape index (κ1) is 79.0. The minimum absolute atomic E-state index is 0.0298. The summed E-state index contributed by atoms with van der Waals surface area (Å²) in [7, 11) is 1.44. The molecule has 3 heterocycles. The van der Waals surface area contributed by atoms with Crippen molar-refractivity contribution in [3.8, 4) is 11.5 Å². The van der Waals surface area contributed by atoms with E-state index in [1.807, 2.05) is 188 Å². The van der Waals surface area contributed by atoms with E-state index < -0.39 is 91.9 Å². The zero-order chi connectivity index (χ0) is 75.8. The summed E-state index contributed by atoms with van der Waals surface area (Å²) in [5.41, 5.74) is 5.82. The molecule has 0 spiro atoms. The maximum atomic E-state index is 12.8. The summed E-state index contributed by atoms with van der Waals surface area (Å²) < 4.78 is 152. The molecule has 3 aliphatic heterocycles. The van der Waals surface area contributed by atoms with Crippen molar-refractivity contribution in [1.82, 2.24) is 0 Å². The van der Waals surface area contributed by atoms with Crippen LogP contribution in [0, 0.1) is 0 Å². The number of rotatable bonds is 30. The number of hydrogen-bond acceptors (Lipinski definition) is 15. The number of alkyl halides is 6. The number of aliphatic hydroxyl groups is 3. The summed E-state index contributed by atoms with van der Waals surface area (Å²) in [6.07, 6.45) is -14.8. The van der Waals surface area contributed by atoms with Crippen LogP contribution in [-0.2, 0) is 111 Å². The van der Waals surface area contributed by atoms with E-state index in [9.17, 15) is 41.7 Å². The van der Waals surface area contributed by atoms with Gasteiger partial charge in [-0.2, -0.15) is 0 Å². The summed E-state index contributed by atoms with van der Waals surface area (Å²) in [5.74, 6) is -4.08. The highest BCUT2D eigenvalue weighted by Crippen LogP contribution is 2.54. The van der Waals surface area contributed by atoms with Gasteiger partial charge in [0.25, 0.3) is 0 Å². The van der Waals surface area contributed by atoms with Crippen molar-refractivity contribution < 1.29 is 98.5 Å². The standard InChI is InChI=1S/C43H42ClF3O8.C42H38ClF3O7/c1-50-42(35-19-22-37(44)34(24-35)23-30-17-20-36(21-18-30)54-43(45,46)47)40(53-27-33-15-9-4-10-16-33)38(51-25-31-11-5-2-6-12-31)39(41(28-48,29-49)55-42)52-26-32-13-7-3-8-14-32;43-36-21-18-34(23-33(36)22-29-16-19-35(20-17-29)52-42(44,45)46)41-39(50-26-32-14-8-3-9-15-32)37(48-24-30-10-4-1-5-11-30)38(40(27-47,53-41)28-51-41)49-25-31-12-6-2-7-13-31/h2-22,24,38-40,48-49H,23,25-29H2,1H3;1-21,23,37-39,47H,22,24-28H2/t38-,39-,40+,42-;37-,38-,39+,40-,41-/m00/s1. The topological polar surface area (TPSA) is 171 Å². The molecule has 10 aromatic rings. The van der Waals surface area contributed by atoms with E-state index in [1.54, 1.807) is 42.5 Å². The first-order valence-corrected chi connectivity index (χ1v) is 35.6. The first-order chi connectivity index (χ1) is 52.2. The molecule has 0 radical (unpaired) electrons. The number of methoxy groups -OCH3 is 1. The van der Waals surface area contributed by atoms with Crippen molar-refractivity contribution in [2.24, 2.45) is 0 Å². The fraction of sp³-hybridized carbons (Fsp3) is 0.294. The summed E-state index contributed by atoms with van der Waals surface area (Å²) in [4.78, 5) is 0. The van der Waals surface area contributed by atoms with E-state index in [1.165, 1.54) is 43.5 Å². The number of ether oxygens (including phenoxy) is 12. The Kier molecular flexibility index (Phi) is 26.2. The molecule has 13 rings (SSSR count). The summed E-state index contributed by atoms with van der Waals surface area (Å²) in [6.45, 7) is -0.869. The number of aliphatic hydroxyl groups excluding tert-OH is 3. The molecule has 3 fully saturated rings. The Morgan fingerprint density at radius 2 is 0.722 bits per heavy atom. The average Bonchev–Trinajstić information content (AvgIpc) is 1.45. The zero-order valence-corrected chi connectivity index (χ0v) is 60.1. The lowest BCUT2D eigenvalue weighted by Crippen LogP contribution is -2.72. The molecule has 23 heteroatoms. The smallest absolute Gasteiger partial charge is 0.406 e. The van der Waals surface area contributed by atoms with Gasteiger partial charge in [0.2, 0.25) is 11.6 Å². The van der Waals surface area contributed by atoms with Gasteiger partial charge in [-0.05, 0) is 117 Å². The molecule has 3 saturated heterocycles. The normalized spacial score (nSPS) is 22.4. The molecular weight excluding hydrogens is 1450 g/mol. The lowest BCUT2D eigenvalue weighted by atomic mass is 9.80. The highest BCUT2D eigenvalue weighted by atomic mass is 35.5. The van der Waals surface area contributed by atoms with Crippen LogP contribution in [0.3, 0.4) is 0 Å². The van der Waals surface area contributed by atoms with Gasteiger partial charge in [-0.1, -0.05) is 242 Å². The average molecular weight is 1530 g/mol. The molecule has 0 aliphatic carbocycles. The molecule has 2 bridgehead atoms. The highest BCUT2D eigenvalue weighted by Gasteiger charge is 2.70. The van der Waals surface area contributed by atoms with Gasteiger partial charge in [0.05, 0.1) is 66.1 Å². The van der Waals surface area contributed by atoms with Crippen LogP contribution in [-0.4, -0.2) is 109 Å². The Morgan fingerprint density at radius 1 is 0.380 bits per heavy atom. The molecule has 108 heavy (non-hydrogen) atoms. The fourth-order valence-corrected chi connectivity index (χ4v) is 14.0. The summed E-state index contributed by atoms with van der Waals surface area (Å²) in [5, 5.41) is 34.2. The predicted octanol–water partition coefficient (Wildman–Crippen LogP) is 16.7. The molecule has 3 aliphatic rings. The van der Waals surface area contributed by atoms with E-state index in [0.717, 1.165) is 33.4 Å². The van der Waals surface area contributed by atoms with Crippen LogP contribution in [0.5, 0.6) is 11.5 Å². The van der Waals surface area contributed by atoms with Gasteiger partial charge in [0.15, 0.2) is 0 Å². The lowest BCUT2D eigenvalue weighted by Gasteiger charge is -2.56. The summed E-state index contributed by atoms with van der Waals surface area (Å²) >= 11 is 13.5. The van der Waals surface area contributed by atoms with Gasteiger partial charge >= 0.3 is 12.7 Å². The van der Waals surface area contributed by atoms with Crippen LogP contribution in [0.2, 0.25) is 10.0 Å².